The molecular weight excluding hydrogens is 284 g/mol. The minimum atomic E-state index is -0.899. The summed E-state index contributed by atoms with van der Waals surface area (Å²) in [5.74, 6) is 0. The van der Waals surface area contributed by atoms with E-state index < -0.39 is 8.80 Å². The quantitative estimate of drug-likeness (QED) is 0.535. The van der Waals surface area contributed by atoms with Crippen molar-refractivity contribution < 1.29 is 14.3 Å². The molecule has 0 N–H and O–H groups in total. The van der Waals surface area contributed by atoms with Crippen molar-refractivity contribution in [1.82, 2.24) is 4.90 Å². The number of amides is 1. The van der Waals surface area contributed by atoms with E-state index >= 15 is 0 Å². The summed E-state index contributed by atoms with van der Waals surface area (Å²) < 4.78 is 11.4. The lowest BCUT2D eigenvalue weighted by atomic mass is 10.0. The second-order valence-corrected chi connectivity index (χ2v) is 9.43. The average Bonchev–Trinajstić information content (AvgIpc) is 2.49. The van der Waals surface area contributed by atoms with Crippen LogP contribution in [0.1, 0.15) is 38.5 Å². The Morgan fingerprint density at radius 2 is 2.24 bits per heavy atom. The smallest absolute Gasteiger partial charge is 0.409 e. The Morgan fingerprint density at radius 1 is 1.48 bits per heavy atom. The minimum absolute atomic E-state index is 0.0946. The molecule has 0 aliphatic carbocycles. The van der Waals surface area contributed by atoms with Crippen LogP contribution in [0.4, 0.5) is 4.79 Å². The van der Waals surface area contributed by atoms with Crippen molar-refractivity contribution in [3.63, 3.8) is 0 Å². The van der Waals surface area contributed by atoms with Crippen LogP contribution in [-0.4, -0.2) is 51.8 Å². The Balaban J connectivity index is 2.28. The van der Waals surface area contributed by atoms with Gasteiger partial charge in [-0.1, -0.05) is 13.1 Å². The van der Waals surface area contributed by atoms with E-state index in [-0.39, 0.29) is 11.3 Å². The van der Waals surface area contributed by atoms with E-state index in [1.165, 1.54) is 17.7 Å². The summed E-state index contributed by atoms with van der Waals surface area (Å²) in [4.78, 5) is 13.1. The Morgan fingerprint density at radius 3 is 2.81 bits per heavy atom. The molecule has 0 aromatic carbocycles. The highest BCUT2D eigenvalue weighted by atomic mass is 28.3. The minimum Gasteiger partial charge on any atom is -0.449 e. The lowest BCUT2D eigenvalue weighted by Gasteiger charge is -2.40. The fourth-order valence-electron chi connectivity index (χ4n) is 2.77. The average molecular weight is 312 g/mol. The monoisotopic (exact) mass is 312 g/mol. The lowest BCUT2D eigenvalue weighted by Crippen LogP contribution is -2.47. The first-order valence-corrected chi connectivity index (χ1v) is 10.8. The molecule has 1 atom stereocenters. The molecule has 0 aromatic heterocycles. The Hall–Kier alpha value is -1.06. The molecule has 1 saturated heterocycles. The molecule has 21 heavy (non-hydrogen) atoms. The van der Waals surface area contributed by atoms with Crippen LogP contribution in [0.5, 0.6) is 0 Å². The first kappa shape index (κ1) is 18.0. The molecule has 5 nitrogen and oxygen atoms in total. The third-order valence-corrected chi connectivity index (χ3v) is 7.12. The zero-order chi connectivity index (χ0) is 15.7. The zero-order valence-electron chi connectivity index (χ0n) is 13.6. The third kappa shape index (κ3) is 5.68. The van der Waals surface area contributed by atoms with Crippen molar-refractivity contribution in [3.05, 3.63) is 0 Å². The number of nitriles is 1. The van der Waals surface area contributed by atoms with Gasteiger partial charge in [0.2, 0.25) is 0 Å². The van der Waals surface area contributed by atoms with E-state index in [2.05, 4.69) is 13.1 Å². The predicted molar refractivity (Wildman–Crippen MR) is 84.9 cm³/mol. The van der Waals surface area contributed by atoms with E-state index in [9.17, 15) is 4.79 Å². The number of hydrogen-bond donors (Lipinski definition) is 0. The first-order valence-electron chi connectivity index (χ1n) is 7.90. The van der Waals surface area contributed by atoms with Gasteiger partial charge in [0.05, 0.1) is 33.1 Å². The molecule has 120 valence electrons. The van der Waals surface area contributed by atoms with Crippen LogP contribution in [0.3, 0.4) is 0 Å². The van der Waals surface area contributed by atoms with Gasteiger partial charge in [-0.25, -0.2) is 4.79 Å². The van der Waals surface area contributed by atoms with Crippen molar-refractivity contribution in [3.8, 4) is 6.07 Å². The highest BCUT2D eigenvalue weighted by Gasteiger charge is 2.36. The molecule has 0 saturated carbocycles. The Labute approximate surface area is 129 Å². The fraction of sp³-hybridized carbons (Fsp3) is 0.867. The molecule has 0 bridgehead atoms. The van der Waals surface area contributed by atoms with Crippen molar-refractivity contribution in [2.24, 2.45) is 0 Å². The van der Waals surface area contributed by atoms with Crippen molar-refractivity contribution in [1.29, 1.82) is 5.26 Å². The van der Waals surface area contributed by atoms with E-state index in [1.807, 2.05) is 6.07 Å². The van der Waals surface area contributed by atoms with Crippen molar-refractivity contribution in [2.75, 3.05) is 26.8 Å². The molecule has 1 amide bonds. The van der Waals surface area contributed by atoms with Crippen LogP contribution in [0.25, 0.3) is 0 Å². The number of rotatable bonds is 7. The summed E-state index contributed by atoms with van der Waals surface area (Å²) in [6.45, 7) is 6.41. The van der Waals surface area contributed by atoms with Crippen LogP contribution in [0.15, 0.2) is 0 Å². The lowest BCUT2D eigenvalue weighted by molar-refractivity contribution is -0.0316. The van der Waals surface area contributed by atoms with Gasteiger partial charge in [-0.2, -0.15) is 5.26 Å². The molecule has 1 unspecified atom stereocenters. The fourth-order valence-corrected chi connectivity index (χ4v) is 4.78. The summed E-state index contributed by atoms with van der Waals surface area (Å²) in [5.41, 5.74) is 0. The molecule has 0 spiro atoms. The van der Waals surface area contributed by atoms with Gasteiger partial charge in [-0.3, -0.25) is 0 Å². The van der Waals surface area contributed by atoms with Gasteiger partial charge in [-0.05, 0) is 32.1 Å². The van der Waals surface area contributed by atoms with Gasteiger partial charge in [-0.15, -0.1) is 0 Å². The largest absolute Gasteiger partial charge is 0.449 e. The number of hydrogen-bond acceptors (Lipinski definition) is 4. The van der Waals surface area contributed by atoms with Gasteiger partial charge in [0, 0.05) is 20.2 Å². The second kappa shape index (κ2) is 9.06. The third-order valence-electron chi connectivity index (χ3n) is 4.28. The van der Waals surface area contributed by atoms with Crippen LogP contribution in [0, 0.1) is 11.3 Å². The van der Waals surface area contributed by atoms with Crippen LogP contribution >= 0.6 is 0 Å². The van der Waals surface area contributed by atoms with E-state index in [1.54, 1.807) is 7.05 Å². The SMILES string of the molecule is CN(CCC#N)C(=O)OCCCC1([SiH](C)C)CCCCO1. The summed E-state index contributed by atoms with van der Waals surface area (Å²) in [5, 5.41) is 8.59. The maximum atomic E-state index is 11.7. The van der Waals surface area contributed by atoms with Gasteiger partial charge >= 0.3 is 6.09 Å². The summed E-state index contributed by atoms with van der Waals surface area (Å²) in [6.07, 6.45) is 5.41. The summed E-state index contributed by atoms with van der Waals surface area (Å²) >= 11 is 0. The van der Waals surface area contributed by atoms with E-state index in [4.69, 9.17) is 14.7 Å². The number of carbonyl (C=O) groups is 1. The number of ether oxygens (including phenoxy) is 2. The summed E-state index contributed by atoms with van der Waals surface area (Å²) in [7, 11) is 0.760. The van der Waals surface area contributed by atoms with E-state index in [0.717, 1.165) is 25.9 Å². The molecule has 1 rings (SSSR count). The highest BCUT2D eigenvalue weighted by Crippen LogP contribution is 2.32. The van der Waals surface area contributed by atoms with Gasteiger partial charge in [0.25, 0.3) is 0 Å². The molecule has 1 aliphatic rings. The van der Waals surface area contributed by atoms with Gasteiger partial charge < -0.3 is 14.4 Å². The maximum absolute atomic E-state index is 11.7. The van der Waals surface area contributed by atoms with E-state index in [0.29, 0.717) is 19.6 Å². The number of nitrogens with zero attached hydrogens (tertiary/aromatic N) is 2. The maximum Gasteiger partial charge on any atom is 0.409 e. The predicted octanol–water partition coefficient (Wildman–Crippen LogP) is 2.71. The van der Waals surface area contributed by atoms with Crippen molar-refractivity contribution in [2.45, 2.75) is 56.8 Å². The standard InChI is InChI=1S/C15H28N2O3Si/c1-17(11-7-10-16)14(18)19-12-6-9-15(21(2)3)8-4-5-13-20-15/h21H,4-9,11-13H2,1-3H3. The summed E-state index contributed by atoms with van der Waals surface area (Å²) in [6, 6.07) is 2.02. The normalized spacial score (nSPS) is 21.9. The molecule has 0 radical (unpaired) electrons. The topological polar surface area (TPSA) is 62.6 Å². The molecule has 1 aliphatic heterocycles. The molecule has 0 aromatic rings. The Bertz CT molecular complexity index is 362. The Kier molecular flexibility index (Phi) is 7.76. The molecule has 1 fully saturated rings. The van der Waals surface area contributed by atoms with Gasteiger partial charge in [0.15, 0.2) is 0 Å². The molecule has 1 heterocycles. The number of carbonyl (C=O) groups excluding carboxylic acids is 1. The van der Waals surface area contributed by atoms with Crippen LogP contribution in [-0.2, 0) is 9.47 Å². The molecule has 6 heteroatoms. The van der Waals surface area contributed by atoms with Crippen molar-refractivity contribution >= 4 is 14.9 Å². The second-order valence-electron chi connectivity index (χ2n) is 6.07. The highest BCUT2D eigenvalue weighted by molar-refractivity contribution is 6.59. The van der Waals surface area contributed by atoms with Gasteiger partial charge in [0.1, 0.15) is 0 Å². The molecular formula is C15H28N2O3Si. The van der Waals surface area contributed by atoms with Crippen LogP contribution in [0.2, 0.25) is 13.1 Å². The first-order chi connectivity index (χ1) is 10.0. The zero-order valence-corrected chi connectivity index (χ0v) is 14.7. The van der Waals surface area contributed by atoms with Crippen LogP contribution < -0.4 is 0 Å².